The Balaban J connectivity index is 1.51. The van der Waals surface area contributed by atoms with Gasteiger partial charge in [-0.05, 0) is 84.4 Å². The molecule has 0 aromatic carbocycles. The van der Waals surface area contributed by atoms with E-state index in [1.807, 2.05) is 0 Å². The van der Waals surface area contributed by atoms with E-state index in [4.69, 9.17) is 0 Å². The van der Waals surface area contributed by atoms with Gasteiger partial charge in [-0.2, -0.15) is 0 Å². The molecule has 0 amide bonds. The average molecular weight is 415 g/mol. The fraction of sp³-hybridized carbons (Fsp3) is 0.929. The van der Waals surface area contributed by atoms with Gasteiger partial charge in [-0.1, -0.05) is 54.4 Å². The molecule has 0 aliphatic heterocycles. The summed E-state index contributed by atoms with van der Waals surface area (Å²) in [6.07, 6.45) is 11.0. The van der Waals surface area contributed by atoms with Gasteiger partial charge in [0.05, 0.1) is 0 Å². The summed E-state index contributed by atoms with van der Waals surface area (Å²) in [7, 11) is 0. The highest BCUT2D eigenvalue weighted by molar-refractivity contribution is 5.90. The van der Waals surface area contributed by atoms with Gasteiger partial charge in [0.1, 0.15) is 11.6 Å². The lowest BCUT2D eigenvalue weighted by Gasteiger charge is -2.59. The van der Waals surface area contributed by atoms with E-state index in [-0.39, 0.29) is 11.3 Å². The van der Waals surface area contributed by atoms with Crippen molar-refractivity contribution >= 4 is 11.6 Å². The molecule has 0 bridgehead atoms. The smallest absolute Gasteiger partial charge is 0.137 e. The highest BCUT2D eigenvalue weighted by Gasteiger charge is 2.62. The van der Waals surface area contributed by atoms with Crippen LogP contribution in [-0.2, 0) is 9.59 Å². The Morgan fingerprint density at radius 1 is 0.867 bits per heavy atom. The van der Waals surface area contributed by atoms with Crippen LogP contribution < -0.4 is 0 Å². The van der Waals surface area contributed by atoms with Gasteiger partial charge in [0.25, 0.3) is 0 Å². The first-order chi connectivity index (χ1) is 14.1. The Hall–Kier alpha value is -0.660. The minimum Gasteiger partial charge on any atom is -0.300 e. The van der Waals surface area contributed by atoms with Crippen LogP contribution in [0.1, 0.15) is 106 Å². The number of carbonyl (C=O) groups excluding carboxylic acids is 2. The van der Waals surface area contributed by atoms with Crippen molar-refractivity contribution in [2.45, 2.75) is 106 Å². The van der Waals surface area contributed by atoms with Crippen molar-refractivity contribution in [2.75, 3.05) is 0 Å². The molecule has 0 unspecified atom stereocenters. The van der Waals surface area contributed by atoms with Crippen LogP contribution in [0.2, 0.25) is 0 Å². The fourth-order valence-electron chi connectivity index (χ4n) is 8.87. The van der Waals surface area contributed by atoms with Gasteiger partial charge in [-0.15, -0.1) is 0 Å². The van der Waals surface area contributed by atoms with Crippen molar-refractivity contribution in [3.05, 3.63) is 0 Å². The fourth-order valence-corrected chi connectivity index (χ4v) is 8.87. The molecule has 2 heteroatoms. The molecule has 4 aliphatic rings. The van der Waals surface area contributed by atoms with Gasteiger partial charge in [-0.3, -0.25) is 9.59 Å². The molecule has 0 heterocycles. The second kappa shape index (κ2) is 8.04. The van der Waals surface area contributed by atoms with Crippen LogP contribution >= 0.6 is 0 Å². The molecule has 2 nitrogen and oxygen atoms in total. The van der Waals surface area contributed by atoms with Crippen molar-refractivity contribution in [1.82, 2.24) is 0 Å². The third kappa shape index (κ3) is 3.53. The van der Waals surface area contributed by atoms with Gasteiger partial charge < -0.3 is 0 Å². The van der Waals surface area contributed by atoms with Crippen molar-refractivity contribution in [3.63, 3.8) is 0 Å². The first kappa shape index (κ1) is 22.5. The van der Waals surface area contributed by atoms with E-state index in [2.05, 4.69) is 41.5 Å². The summed E-state index contributed by atoms with van der Waals surface area (Å²) >= 11 is 0. The normalized spacial score (nSPS) is 45.6. The lowest BCUT2D eigenvalue weighted by Crippen LogP contribution is -2.56. The predicted octanol–water partition coefficient (Wildman–Crippen LogP) is 7.10. The summed E-state index contributed by atoms with van der Waals surface area (Å²) in [4.78, 5) is 25.3. The largest absolute Gasteiger partial charge is 0.300 e. The summed E-state index contributed by atoms with van der Waals surface area (Å²) in [5, 5.41) is 0. The number of ketones is 2. The molecule has 9 atom stereocenters. The summed E-state index contributed by atoms with van der Waals surface area (Å²) < 4.78 is 0. The quantitative estimate of drug-likeness (QED) is 0.480. The van der Waals surface area contributed by atoms with Crippen molar-refractivity contribution in [1.29, 1.82) is 0 Å². The Kier molecular flexibility index (Phi) is 6.04. The molecule has 0 radical (unpaired) electrons. The zero-order chi connectivity index (χ0) is 21.8. The van der Waals surface area contributed by atoms with E-state index in [0.717, 1.165) is 42.4 Å². The zero-order valence-corrected chi connectivity index (χ0v) is 20.5. The summed E-state index contributed by atoms with van der Waals surface area (Å²) in [5.74, 6) is 5.99. The molecule has 170 valence electrons. The number of Topliss-reactive ketones (excluding diaryl/α,β-unsaturated/α-hetero) is 2. The van der Waals surface area contributed by atoms with E-state index in [1.165, 1.54) is 38.5 Å². The van der Waals surface area contributed by atoms with Gasteiger partial charge in [0.15, 0.2) is 0 Å². The minimum absolute atomic E-state index is 0.0259. The van der Waals surface area contributed by atoms with E-state index in [1.54, 1.807) is 0 Å². The number of carbonyl (C=O) groups is 2. The molecule has 0 saturated heterocycles. The lowest BCUT2D eigenvalue weighted by molar-refractivity contribution is -0.159. The molecule has 4 rings (SSSR count). The topological polar surface area (TPSA) is 34.1 Å². The number of hydrogen-bond donors (Lipinski definition) is 0. The SMILES string of the molecule is CC(C)[C@H](C)CC[C@@H](C)[C@H]1CC[C@H]2[C@@H]3CC(=O)[C@H]4CC(=O)CC[C@]4(C)[C@H]3CC[C@]12C. The standard InChI is InChI=1S/C28H46O2/c1-17(2)18(3)7-8-19(4)22-9-10-23-21-16-26(30)25-15-20(29)11-13-28(25,6)24(21)12-14-27(22,23)5/h17-19,21-25H,7-16H2,1-6H3/t18-,19-,21+,22-,23+,24+,25-,27-,28-/m1/s1. The highest BCUT2D eigenvalue weighted by Crippen LogP contribution is 2.67. The first-order valence-electron chi connectivity index (χ1n) is 13.1. The maximum atomic E-state index is 13.2. The Bertz CT molecular complexity index is 680. The maximum absolute atomic E-state index is 13.2. The minimum atomic E-state index is 0.0259. The zero-order valence-electron chi connectivity index (χ0n) is 20.5. The number of rotatable bonds is 5. The van der Waals surface area contributed by atoms with Crippen LogP contribution in [0.4, 0.5) is 0 Å². The average Bonchev–Trinajstić information content (AvgIpc) is 3.04. The van der Waals surface area contributed by atoms with Crippen molar-refractivity contribution < 1.29 is 9.59 Å². The van der Waals surface area contributed by atoms with E-state index in [9.17, 15) is 9.59 Å². The molecule has 0 spiro atoms. The molecule has 4 aliphatic carbocycles. The molecule has 0 aromatic heterocycles. The molecule has 4 saturated carbocycles. The van der Waals surface area contributed by atoms with Crippen LogP contribution in [0.3, 0.4) is 0 Å². The molecule has 0 aromatic rings. The van der Waals surface area contributed by atoms with Crippen molar-refractivity contribution in [2.24, 2.45) is 58.2 Å². The number of fused-ring (bicyclic) bond motifs is 5. The van der Waals surface area contributed by atoms with Gasteiger partial charge in [0, 0.05) is 25.2 Å². The predicted molar refractivity (Wildman–Crippen MR) is 123 cm³/mol. The Labute approximate surface area is 185 Å². The molecule has 0 N–H and O–H groups in total. The molecular weight excluding hydrogens is 368 g/mol. The Morgan fingerprint density at radius 3 is 2.27 bits per heavy atom. The van der Waals surface area contributed by atoms with E-state index >= 15 is 0 Å². The highest BCUT2D eigenvalue weighted by atomic mass is 16.1. The van der Waals surface area contributed by atoms with Gasteiger partial charge in [-0.25, -0.2) is 0 Å². The lowest BCUT2D eigenvalue weighted by atomic mass is 9.44. The van der Waals surface area contributed by atoms with Gasteiger partial charge in [0.2, 0.25) is 0 Å². The molecule has 30 heavy (non-hydrogen) atoms. The van der Waals surface area contributed by atoms with Crippen LogP contribution in [-0.4, -0.2) is 11.6 Å². The third-order valence-electron chi connectivity index (χ3n) is 11.3. The van der Waals surface area contributed by atoms with Crippen LogP contribution in [0.5, 0.6) is 0 Å². The maximum Gasteiger partial charge on any atom is 0.137 e. The van der Waals surface area contributed by atoms with Gasteiger partial charge >= 0.3 is 0 Å². The van der Waals surface area contributed by atoms with Crippen molar-refractivity contribution in [3.8, 4) is 0 Å². The monoisotopic (exact) mass is 414 g/mol. The summed E-state index contributed by atoms with van der Waals surface area (Å²) in [6.45, 7) is 14.6. The van der Waals surface area contributed by atoms with Crippen LogP contribution in [0.25, 0.3) is 0 Å². The first-order valence-corrected chi connectivity index (χ1v) is 13.1. The molecule has 4 fully saturated rings. The Morgan fingerprint density at radius 2 is 1.57 bits per heavy atom. The van der Waals surface area contributed by atoms with Crippen LogP contribution in [0.15, 0.2) is 0 Å². The van der Waals surface area contributed by atoms with E-state index < -0.39 is 0 Å². The summed E-state index contributed by atoms with van der Waals surface area (Å²) in [6, 6.07) is 0. The molecular formula is C28H46O2. The van der Waals surface area contributed by atoms with Crippen LogP contribution in [0, 0.1) is 58.2 Å². The third-order valence-corrected chi connectivity index (χ3v) is 11.3. The summed E-state index contributed by atoms with van der Waals surface area (Å²) in [5.41, 5.74) is 0.515. The van der Waals surface area contributed by atoms with E-state index in [0.29, 0.717) is 41.7 Å². The second-order valence-electron chi connectivity index (χ2n) is 12.9. The second-order valence-corrected chi connectivity index (χ2v) is 12.9. The number of hydrogen-bond acceptors (Lipinski definition) is 2.